The average molecular weight is 573 g/mol. The van der Waals surface area contributed by atoms with Crippen LogP contribution in [0.1, 0.15) is 71.6 Å². The molecule has 0 unspecified atom stereocenters. The number of nitrogens with zero attached hydrogens (tertiary/aromatic N) is 3. The molecule has 2 fully saturated rings. The lowest BCUT2D eigenvalue weighted by atomic mass is 9.88. The number of benzene rings is 1. The van der Waals surface area contributed by atoms with Crippen molar-refractivity contribution in [2.75, 3.05) is 6.54 Å². The van der Waals surface area contributed by atoms with Gasteiger partial charge in [-0.15, -0.1) is 0 Å². The average Bonchev–Trinajstić information content (AvgIpc) is 3.81. The Labute approximate surface area is 223 Å². The van der Waals surface area contributed by atoms with E-state index in [1.54, 1.807) is 12.2 Å². The molecule has 0 saturated heterocycles. The maximum absolute atomic E-state index is 15.7. The van der Waals surface area contributed by atoms with Crippen LogP contribution in [0.5, 0.6) is 0 Å². The maximum atomic E-state index is 15.7. The number of hydrogen-bond donors (Lipinski definition) is 3. The van der Waals surface area contributed by atoms with Gasteiger partial charge in [0.25, 0.3) is 5.91 Å². The highest BCUT2D eigenvalue weighted by Crippen LogP contribution is 2.54. The molecule has 1 aromatic carbocycles. The van der Waals surface area contributed by atoms with Gasteiger partial charge in [0.2, 0.25) is 12.3 Å². The predicted octanol–water partition coefficient (Wildman–Crippen LogP) is 4.72. The van der Waals surface area contributed by atoms with Gasteiger partial charge in [0.1, 0.15) is 23.6 Å². The number of aryl methyl sites for hydroxylation is 1. The minimum absolute atomic E-state index is 0.00746. The summed E-state index contributed by atoms with van der Waals surface area (Å²) in [7, 11) is 0. The zero-order valence-corrected chi connectivity index (χ0v) is 21.2. The SMILES string of the molecule is Cc1nonc1C(=O)N[C@@H](c1nc2c(F)c([C@H](CC(F)F)C(=O)NCC(F)(F)F)ccc2[nH]1)C(C1CC1)C1CC1. The highest BCUT2D eigenvalue weighted by Gasteiger charge is 2.47. The summed E-state index contributed by atoms with van der Waals surface area (Å²) < 4.78 is 84.7. The van der Waals surface area contributed by atoms with E-state index in [4.69, 9.17) is 0 Å². The van der Waals surface area contributed by atoms with Gasteiger partial charge < -0.3 is 15.6 Å². The van der Waals surface area contributed by atoms with Gasteiger partial charge >= 0.3 is 6.18 Å². The second-order valence-electron chi connectivity index (χ2n) is 10.4. The normalized spacial score (nSPS) is 17.4. The summed E-state index contributed by atoms with van der Waals surface area (Å²) in [6, 6.07) is 1.73. The molecular weight excluding hydrogens is 546 g/mol. The Morgan fingerprint density at radius 2 is 1.80 bits per heavy atom. The topological polar surface area (TPSA) is 126 Å². The summed E-state index contributed by atoms with van der Waals surface area (Å²) in [5.74, 6) is -4.08. The molecule has 2 saturated carbocycles. The van der Waals surface area contributed by atoms with Crippen molar-refractivity contribution in [3.8, 4) is 0 Å². The predicted molar refractivity (Wildman–Crippen MR) is 127 cm³/mol. The van der Waals surface area contributed by atoms with Crippen LogP contribution in [0.25, 0.3) is 11.0 Å². The number of amides is 2. The van der Waals surface area contributed by atoms with Crippen LogP contribution < -0.4 is 10.6 Å². The quantitative estimate of drug-likeness (QED) is 0.286. The van der Waals surface area contributed by atoms with Gasteiger partial charge in [-0.25, -0.2) is 22.8 Å². The first-order valence-corrected chi connectivity index (χ1v) is 12.8. The summed E-state index contributed by atoms with van der Waals surface area (Å²) in [4.78, 5) is 32.9. The van der Waals surface area contributed by atoms with Gasteiger partial charge in [-0.05, 0) is 61.6 Å². The Balaban J connectivity index is 1.50. The van der Waals surface area contributed by atoms with Crippen molar-refractivity contribution < 1.29 is 40.6 Å². The maximum Gasteiger partial charge on any atom is 0.405 e. The number of halogens is 6. The summed E-state index contributed by atoms with van der Waals surface area (Å²) in [5.41, 5.74) is -0.346. The fourth-order valence-corrected chi connectivity index (χ4v) is 5.24. The molecule has 9 nitrogen and oxygen atoms in total. The molecule has 5 rings (SSSR count). The number of fused-ring (bicyclic) bond motifs is 1. The van der Waals surface area contributed by atoms with E-state index < -0.39 is 60.7 Å². The van der Waals surface area contributed by atoms with Crippen LogP contribution in [0.3, 0.4) is 0 Å². The summed E-state index contributed by atoms with van der Waals surface area (Å²) in [6.07, 6.45) is -5.21. The number of aromatic amines is 1. The van der Waals surface area contributed by atoms with Gasteiger partial charge in [0.15, 0.2) is 11.5 Å². The van der Waals surface area contributed by atoms with E-state index in [2.05, 4.69) is 30.2 Å². The Morgan fingerprint density at radius 3 is 2.35 bits per heavy atom. The molecule has 2 atom stereocenters. The number of hydrogen-bond acceptors (Lipinski definition) is 6. The van der Waals surface area contributed by atoms with E-state index in [9.17, 15) is 31.5 Å². The van der Waals surface area contributed by atoms with Gasteiger partial charge in [-0.2, -0.15) is 13.2 Å². The van der Waals surface area contributed by atoms with E-state index >= 15 is 4.39 Å². The number of imidazole rings is 1. The summed E-state index contributed by atoms with van der Waals surface area (Å²) >= 11 is 0. The van der Waals surface area contributed by atoms with Crippen molar-refractivity contribution in [1.82, 2.24) is 30.9 Å². The molecule has 40 heavy (non-hydrogen) atoms. The minimum atomic E-state index is -4.77. The largest absolute Gasteiger partial charge is 0.405 e. The molecule has 0 bridgehead atoms. The number of nitrogens with one attached hydrogen (secondary N) is 3. The number of carbonyl (C=O) groups is 2. The van der Waals surface area contributed by atoms with Crippen LogP contribution in [-0.4, -0.2) is 51.2 Å². The lowest BCUT2D eigenvalue weighted by Gasteiger charge is -2.26. The molecule has 15 heteroatoms. The molecule has 2 aliphatic carbocycles. The fraction of sp³-hybridized carbons (Fsp3) is 0.560. The molecule has 0 spiro atoms. The van der Waals surface area contributed by atoms with Crippen LogP contribution in [0.2, 0.25) is 0 Å². The molecule has 2 aromatic heterocycles. The highest BCUT2D eigenvalue weighted by molar-refractivity contribution is 5.93. The van der Waals surface area contributed by atoms with E-state index in [0.717, 1.165) is 31.7 Å². The van der Waals surface area contributed by atoms with Gasteiger partial charge in [-0.3, -0.25) is 9.59 Å². The number of aromatic nitrogens is 4. The van der Waals surface area contributed by atoms with Crippen LogP contribution >= 0.6 is 0 Å². The standard InChI is InChI=1S/C25H26F6N6O3/c1-10-19(37-40-36-10)24(39)35-21(17(11-2-3-11)12-4-5-12)22-33-15-7-6-13(18(28)20(15)34-22)14(8-16(26)27)23(38)32-9-25(29,30)31/h6-7,11-12,14,16-17,21H,2-5,8-9H2,1H3,(H,32,38)(H,33,34)(H,35,39)/t14-,21+/m0/s1. The Bertz CT molecular complexity index is 1390. The fourth-order valence-electron chi connectivity index (χ4n) is 5.24. The zero-order chi connectivity index (χ0) is 28.8. The third-order valence-electron chi connectivity index (χ3n) is 7.38. The van der Waals surface area contributed by atoms with Gasteiger partial charge in [-0.1, -0.05) is 11.2 Å². The molecule has 216 valence electrons. The van der Waals surface area contributed by atoms with Crippen molar-refractivity contribution in [3.63, 3.8) is 0 Å². The summed E-state index contributed by atoms with van der Waals surface area (Å²) in [6.45, 7) is -0.188. The Morgan fingerprint density at radius 1 is 1.12 bits per heavy atom. The lowest BCUT2D eigenvalue weighted by Crippen LogP contribution is -2.37. The second kappa shape index (κ2) is 10.7. The molecular formula is C25H26F6N6O3. The molecule has 2 aliphatic rings. The Kier molecular flexibility index (Phi) is 7.48. The molecule has 0 radical (unpaired) electrons. The second-order valence-corrected chi connectivity index (χ2v) is 10.4. The van der Waals surface area contributed by atoms with Gasteiger partial charge in [0.05, 0.1) is 17.5 Å². The van der Waals surface area contributed by atoms with E-state index in [0.29, 0.717) is 11.8 Å². The monoisotopic (exact) mass is 572 g/mol. The van der Waals surface area contributed by atoms with Crippen molar-refractivity contribution in [2.24, 2.45) is 17.8 Å². The number of carbonyl (C=O) groups excluding carboxylic acids is 2. The first kappa shape index (κ1) is 27.9. The van der Waals surface area contributed by atoms with Crippen molar-refractivity contribution >= 4 is 22.8 Å². The zero-order valence-electron chi connectivity index (χ0n) is 21.2. The third kappa shape index (κ3) is 6.07. The minimum Gasteiger partial charge on any atom is -0.346 e. The van der Waals surface area contributed by atoms with Gasteiger partial charge in [0, 0.05) is 12.0 Å². The van der Waals surface area contributed by atoms with Crippen molar-refractivity contribution in [3.05, 3.63) is 40.7 Å². The third-order valence-corrected chi connectivity index (χ3v) is 7.38. The number of rotatable bonds is 11. The highest BCUT2D eigenvalue weighted by atomic mass is 19.4. The van der Waals surface area contributed by atoms with E-state index in [-0.39, 0.29) is 34.2 Å². The number of H-pyrrole nitrogens is 1. The van der Waals surface area contributed by atoms with Crippen LogP contribution in [-0.2, 0) is 4.79 Å². The van der Waals surface area contributed by atoms with Crippen molar-refractivity contribution in [1.29, 1.82) is 0 Å². The van der Waals surface area contributed by atoms with Crippen LogP contribution in [0, 0.1) is 30.5 Å². The molecule has 2 heterocycles. The van der Waals surface area contributed by atoms with Crippen LogP contribution in [0.4, 0.5) is 26.3 Å². The van der Waals surface area contributed by atoms with Crippen LogP contribution in [0.15, 0.2) is 16.8 Å². The van der Waals surface area contributed by atoms with E-state index in [1.165, 1.54) is 6.07 Å². The summed E-state index contributed by atoms with van der Waals surface area (Å²) in [5, 5.41) is 11.8. The molecule has 3 aromatic rings. The smallest absolute Gasteiger partial charge is 0.346 e. The number of alkyl halides is 5. The Hall–Kier alpha value is -3.65. The van der Waals surface area contributed by atoms with E-state index in [1.807, 2.05) is 0 Å². The molecule has 0 aliphatic heterocycles. The first-order valence-electron chi connectivity index (χ1n) is 12.8. The molecule has 3 N–H and O–H groups in total. The van der Waals surface area contributed by atoms with Crippen molar-refractivity contribution in [2.45, 2.75) is 63.6 Å². The molecule has 2 amide bonds. The first-order chi connectivity index (χ1) is 18.9. The lowest BCUT2D eigenvalue weighted by molar-refractivity contribution is -0.139.